The third kappa shape index (κ3) is 4.19. The molecule has 1 saturated carbocycles. The number of aromatic nitrogens is 3. The number of pyridine rings is 1. The van der Waals surface area contributed by atoms with Crippen LogP contribution in [-0.4, -0.2) is 33.9 Å². The van der Waals surface area contributed by atoms with Crippen LogP contribution in [0.1, 0.15) is 12.8 Å². The van der Waals surface area contributed by atoms with Crippen LogP contribution in [0.5, 0.6) is 0 Å². The average molecular weight is 412 g/mol. The summed E-state index contributed by atoms with van der Waals surface area (Å²) >= 11 is 6.32. The SMILES string of the molecule is CNC(=O)[C@H]1C[C@H](Nc2ncc(Cl)c(-c3cccc(-c4ccc(F)cc4)n3)n2)C1. The van der Waals surface area contributed by atoms with Gasteiger partial charge in [-0.25, -0.2) is 19.3 Å². The van der Waals surface area contributed by atoms with Gasteiger partial charge in [0.15, 0.2) is 0 Å². The van der Waals surface area contributed by atoms with Crippen LogP contribution in [0.2, 0.25) is 5.02 Å². The highest BCUT2D eigenvalue weighted by Crippen LogP contribution is 2.31. The number of nitrogens with zero attached hydrogens (tertiary/aromatic N) is 3. The van der Waals surface area contributed by atoms with E-state index in [0.717, 1.165) is 18.4 Å². The number of hydrogen-bond acceptors (Lipinski definition) is 5. The van der Waals surface area contributed by atoms with E-state index in [2.05, 4.69) is 25.6 Å². The van der Waals surface area contributed by atoms with E-state index in [1.165, 1.54) is 18.3 Å². The summed E-state index contributed by atoms with van der Waals surface area (Å²) in [7, 11) is 1.64. The van der Waals surface area contributed by atoms with E-state index in [4.69, 9.17) is 11.6 Å². The van der Waals surface area contributed by atoms with Crippen LogP contribution in [0.4, 0.5) is 10.3 Å². The molecule has 1 amide bonds. The second-order valence-electron chi connectivity index (χ2n) is 6.93. The number of anilines is 1. The molecule has 1 aliphatic rings. The number of carbonyl (C=O) groups excluding carboxylic acids is 1. The molecule has 0 aliphatic heterocycles. The molecule has 0 radical (unpaired) electrons. The molecule has 0 atom stereocenters. The topological polar surface area (TPSA) is 79.8 Å². The molecule has 1 fully saturated rings. The van der Waals surface area contributed by atoms with E-state index in [1.807, 2.05) is 18.2 Å². The van der Waals surface area contributed by atoms with Gasteiger partial charge in [-0.15, -0.1) is 0 Å². The Morgan fingerprint density at radius 2 is 1.83 bits per heavy atom. The van der Waals surface area contributed by atoms with Gasteiger partial charge >= 0.3 is 0 Å². The highest BCUT2D eigenvalue weighted by atomic mass is 35.5. The minimum Gasteiger partial charge on any atom is -0.359 e. The van der Waals surface area contributed by atoms with Gasteiger partial charge in [0, 0.05) is 24.6 Å². The first-order valence-electron chi connectivity index (χ1n) is 9.27. The number of carbonyl (C=O) groups is 1. The van der Waals surface area contributed by atoms with E-state index in [0.29, 0.717) is 28.1 Å². The maximum absolute atomic E-state index is 13.2. The molecule has 3 aromatic rings. The van der Waals surface area contributed by atoms with Crippen molar-refractivity contribution >= 4 is 23.5 Å². The quantitative estimate of drug-likeness (QED) is 0.664. The van der Waals surface area contributed by atoms with Crippen molar-refractivity contribution < 1.29 is 9.18 Å². The van der Waals surface area contributed by atoms with Crippen molar-refractivity contribution in [2.75, 3.05) is 12.4 Å². The van der Waals surface area contributed by atoms with Gasteiger partial charge in [0.1, 0.15) is 11.5 Å². The van der Waals surface area contributed by atoms with E-state index in [9.17, 15) is 9.18 Å². The zero-order valence-corrected chi connectivity index (χ0v) is 16.4. The summed E-state index contributed by atoms with van der Waals surface area (Å²) in [6.45, 7) is 0. The Hall–Kier alpha value is -3.06. The van der Waals surface area contributed by atoms with Gasteiger partial charge in [-0.3, -0.25) is 4.79 Å². The number of benzene rings is 1. The van der Waals surface area contributed by atoms with Gasteiger partial charge in [-0.05, 0) is 49.2 Å². The minimum absolute atomic E-state index is 0.0262. The van der Waals surface area contributed by atoms with Gasteiger partial charge in [0.25, 0.3) is 0 Å². The molecule has 0 bridgehead atoms. The molecule has 0 saturated heterocycles. The van der Waals surface area contributed by atoms with Crippen molar-refractivity contribution in [3.8, 4) is 22.6 Å². The molecule has 2 heterocycles. The van der Waals surface area contributed by atoms with Crippen LogP contribution in [0.3, 0.4) is 0 Å². The van der Waals surface area contributed by atoms with Crippen LogP contribution in [0.25, 0.3) is 22.6 Å². The van der Waals surface area contributed by atoms with Gasteiger partial charge in [-0.1, -0.05) is 17.7 Å². The Kier molecular flexibility index (Phi) is 5.40. The second-order valence-corrected chi connectivity index (χ2v) is 7.34. The summed E-state index contributed by atoms with van der Waals surface area (Å²) in [5, 5.41) is 6.30. The first-order chi connectivity index (χ1) is 14.0. The number of nitrogens with one attached hydrogen (secondary N) is 2. The monoisotopic (exact) mass is 411 g/mol. The molecule has 148 valence electrons. The van der Waals surface area contributed by atoms with Gasteiger partial charge in [0.05, 0.1) is 22.6 Å². The van der Waals surface area contributed by atoms with Gasteiger partial charge < -0.3 is 10.6 Å². The molecule has 8 heteroatoms. The van der Waals surface area contributed by atoms with Crippen molar-refractivity contribution in [3.63, 3.8) is 0 Å². The first kappa shape index (κ1) is 19.3. The number of hydrogen-bond donors (Lipinski definition) is 2. The maximum Gasteiger partial charge on any atom is 0.223 e. The fourth-order valence-electron chi connectivity index (χ4n) is 3.30. The summed E-state index contributed by atoms with van der Waals surface area (Å²) in [4.78, 5) is 25.0. The Morgan fingerprint density at radius 3 is 2.55 bits per heavy atom. The fraction of sp³-hybridized carbons (Fsp3) is 0.238. The summed E-state index contributed by atoms with van der Waals surface area (Å²) < 4.78 is 13.2. The fourth-order valence-corrected chi connectivity index (χ4v) is 3.49. The van der Waals surface area contributed by atoms with Crippen molar-refractivity contribution in [2.45, 2.75) is 18.9 Å². The van der Waals surface area contributed by atoms with E-state index in [1.54, 1.807) is 19.2 Å². The van der Waals surface area contributed by atoms with Crippen LogP contribution in [0.15, 0.2) is 48.7 Å². The van der Waals surface area contributed by atoms with Crippen LogP contribution in [-0.2, 0) is 4.79 Å². The second kappa shape index (κ2) is 8.13. The highest BCUT2D eigenvalue weighted by molar-refractivity contribution is 6.32. The molecule has 2 aromatic heterocycles. The maximum atomic E-state index is 13.2. The Bertz CT molecular complexity index is 1040. The van der Waals surface area contributed by atoms with Crippen molar-refractivity contribution in [3.05, 3.63) is 59.5 Å². The van der Waals surface area contributed by atoms with Crippen LogP contribution >= 0.6 is 11.6 Å². The molecule has 4 rings (SSSR count). The van der Waals surface area contributed by atoms with Crippen molar-refractivity contribution in [2.24, 2.45) is 5.92 Å². The Balaban J connectivity index is 1.54. The highest BCUT2D eigenvalue weighted by Gasteiger charge is 2.34. The molecule has 1 aliphatic carbocycles. The predicted octanol–water partition coefficient (Wildman–Crippen LogP) is 3.93. The molecule has 0 spiro atoms. The third-order valence-corrected chi connectivity index (χ3v) is 5.24. The third-order valence-electron chi connectivity index (χ3n) is 4.96. The summed E-state index contributed by atoms with van der Waals surface area (Å²) in [6.07, 6.45) is 3.01. The van der Waals surface area contributed by atoms with Crippen molar-refractivity contribution in [1.82, 2.24) is 20.3 Å². The van der Waals surface area contributed by atoms with Gasteiger partial charge in [0.2, 0.25) is 11.9 Å². The zero-order valence-electron chi connectivity index (χ0n) is 15.7. The Labute approximate surface area is 172 Å². The summed E-state index contributed by atoms with van der Waals surface area (Å²) in [5.41, 5.74) is 2.60. The lowest BCUT2D eigenvalue weighted by Crippen LogP contribution is -2.43. The summed E-state index contributed by atoms with van der Waals surface area (Å²) in [5.74, 6) is 0.230. The molecule has 29 heavy (non-hydrogen) atoms. The van der Waals surface area contributed by atoms with E-state index >= 15 is 0 Å². The zero-order chi connectivity index (χ0) is 20.4. The first-order valence-corrected chi connectivity index (χ1v) is 9.65. The molecule has 6 nitrogen and oxygen atoms in total. The molecule has 0 unspecified atom stereocenters. The number of rotatable bonds is 5. The van der Waals surface area contributed by atoms with Crippen LogP contribution < -0.4 is 10.6 Å². The molecular weight excluding hydrogens is 393 g/mol. The van der Waals surface area contributed by atoms with Gasteiger partial charge in [-0.2, -0.15) is 0 Å². The lowest BCUT2D eigenvalue weighted by Gasteiger charge is -2.34. The Morgan fingerprint density at radius 1 is 1.10 bits per heavy atom. The molecule has 1 aromatic carbocycles. The molecule has 2 N–H and O–H groups in total. The lowest BCUT2D eigenvalue weighted by atomic mass is 9.80. The van der Waals surface area contributed by atoms with E-state index < -0.39 is 0 Å². The lowest BCUT2D eigenvalue weighted by molar-refractivity contribution is -0.127. The average Bonchev–Trinajstić information content (AvgIpc) is 2.71. The summed E-state index contributed by atoms with van der Waals surface area (Å²) in [6, 6.07) is 11.8. The smallest absolute Gasteiger partial charge is 0.223 e. The normalized spacial score (nSPS) is 18.0. The predicted molar refractivity (Wildman–Crippen MR) is 110 cm³/mol. The van der Waals surface area contributed by atoms with Crippen LogP contribution in [0, 0.1) is 11.7 Å². The molecular formula is C21H19ClFN5O. The van der Waals surface area contributed by atoms with E-state index in [-0.39, 0.29) is 23.7 Å². The number of halogens is 2. The standard InChI is InChI=1S/C21H19ClFN5O/c1-24-20(29)13-9-15(10-13)26-21-25-11-16(22)19(28-21)18-4-2-3-17(27-18)12-5-7-14(23)8-6-12/h2-8,11,13,15H,9-10H2,1H3,(H,24,29)(H,25,26,28)/t13-,15-. The largest absolute Gasteiger partial charge is 0.359 e. The number of amides is 1. The van der Waals surface area contributed by atoms with Crippen molar-refractivity contribution in [1.29, 1.82) is 0 Å². The minimum atomic E-state index is -0.297.